The fourth-order valence-corrected chi connectivity index (χ4v) is 3.13. The minimum atomic E-state index is -4.76. The molecule has 0 radical (unpaired) electrons. The van der Waals surface area contributed by atoms with Gasteiger partial charge in [-0.2, -0.15) is 5.10 Å². The van der Waals surface area contributed by atoms with E-state index in [-0.39, 0.29) is 30.3 Å². The van der Waals surface area contributed by atoms with Gasteiger partial charge in [-0.1, -0.05) is 25.6 Å². The number of aryl methyl sites for hydroxylation is 1. The van der Waals surface area contributed by atoms with Crippen molar-refractivity contribution in [3.63, 3.8) is 0 Å². The molecule has 0 spiro atoms. The Balaban J connectivity index is 0.00000300. The van der Waals surface area contributed by atoms with Crippen LogP contribution in [0, 0.1) is 6.92 Å². The summed E-state index contributed by atoms with van der Waals surface area (Å²) < 4.78 is 16.7. The lowest BCUT2D eigenvalue weighted by atomic mass is 10.1. The molecule has 1 aromatic heterocycles. The maximum Gasteiger partial charge on any atom is 0.524 e. The van der Waals surface area contributed by atoms with Gasteiger partial charge in [0.05, 0.1) is 11.3 Å². The molecule has 0 saturated heterocycles. The van der Waals surface area contributed by atoms with Gasteiger partial charge in [-0.25, -0.2) is 19.0 Å². The first kappa shape index (κ1) is 22.2. The molecule has 9 nitrogen and oxygen atoms in total. The molecule has 0 atom stereocenters. The van der Waals surface area contributed by atoms with E-state index >= 15 is 0 Å². The molecule has 0 fully saturated rings. The molecule has 29 heavy (non-hydrogen) atoms. The molecule has 154 valence electrons. The van der Waals surface area contributed by atoms with Gasteiger partial charge < -0.3 is 9.63 Å². The maximum absolute atomic E-state index is 12.4. The van der Waals surface area contributed by atoms with Crippen molar-refractivity contribution >= 4 is 13.9 Å². The largest absolute Gasteiger partial charge is 0.524 e. The number of aromatic hydroxyl groups is 1. The average molecular weight is 419 g/mol. The molecular weight excluding hydrogens is 397 g/mol. The minimum Gasteiger partial charge on any atom is -0.507 e. The van der Waals surface area contributed by atoms with E-state index in [9.17, 15) is 14.5 Å². The zero-order chi connectivity index (χ0) is 20.5. The van der Waals surface area contributed by atoms with Crippen LogP contribution in [0.3, 0.4) is 0 Å². The summed E-state index contributed by atoms with van der Waals surface area (Å²) in [6.07, 6.45) is 3.80. The highest BCUT2D eigenvalue weighted by molar-refractivity contribution is 7.46. The third-order valence-electron chi connectivity index (χ3n) is 3.97. The summed E-state index contributed by atoms with van der Waals surface area (Å²) in [5, 5.41) is 16.6. The molecule has 0 aliphatic heterocycles. The second kappa shape index (κ2) is 8.48. The van der Waals surface area contributed by atoms with E-state index in [0.29, 0.717) is 5.69 Å². The van der Waals surface area contributed by atoms with E-state index in [2.05, 4.69) is 14.7 Å². The Labute approximate surface area is 167 Å². The lowest BCUT2D eigenvalue weighted by Gasteiger charge is -2.11. The summed E-state index contributed by atoms with van der Waals surface area (Å²) in [5.41, 5.74) is 2.18. The summed E-state index contributed by atoms with van der Waals surface area (Å²) in [6, 6.07) is 9.09. The van der Waals surface area contributed by atoms with E-state index in [1.165, 1.54) is 16.7 Å². The minimum absolute atomic E-state index is 0. The lowest BCUT2D eigenvalue weighted by Crippen LogP contribution is -2.16. The topological polar surface area (TPSA) is 138 Å². The number of phosphoric ester groups is 1. The molecule has 0 amide bonds. The van der Waals surface area contributed by atoms with Gasteiger partial charge in [-0.3, -0.25) is 9.79 Å². The monoisotopic (exact) mass is 419 g/mol. The second-order valence-electron chi connectivity index (χ2n) is 5.99. The molecule has 0 aliphatic rings. The Hall–Kier alpha value is -3.13. The van der Waals surface area contributed by atoms with Gasteiger partial charge >= 0.3 is 13.5 Å². The number of hydrogen-bond donors (Lipinski definition) is 4. The van der Waals surface area contributed by atoms with E-state index in [4.69, 9.17) is 9.79 Å². The van der Waals surface area contributed by atoms with Gasteiger partial charge in [-0.05, 0) is 49.2 Å². The van der Waals surface area contributed by atoms with Crippen molar-refractivity contribution in [1.29, 1.82) is 0 Å². The summed E-state index contributed by atoms with van der Waals surface area (Å²) in [6.45, 7) is 3.84. The number of rotatable bonds is 5. The molecule has 1 heterocycles. The van der Waals surface area contributed by atoms with Gasteiger partial charge in [0.1, 0.15) is 11.5 Å². The smallest absolute Gasteiger partial charge is 0.507 e. The van der Waals surface area contributed by atoms with Crippen LogP contribution in [0.1, 0.15) is 25.5 Å². The second-order valence-corrected chi connectivity index (χ2v) is 7.15. The highest BCUT2D eigenvalue weighted by Gasteiger charge is 2.20. The molecule has 0 unspecified atom stereocenters. The molecule has 2 aromatic carbocycles. The number of phosphoric acid groups is 1. The summed E-state index contributed by atoms with van der Waals surface area (Å²) in [5.74, 6) is -0.433. The van der Waals surface area contributed by atoms with Crippen LogP contribution in [0.5, 0.6) is 11.5 Å². The number of aromatic nitrogens is 3. The van der Waals surface area contributed by atoms with Crippen LogP contribution in [0.2, 0.25) is 0 Å². The van der Waals surface area contributed by atoms with Crippen molar-refractivity contribution in [2.75, 3.05) is 0 Å². The van der Waals surface area contributed by atoms with E-state index in [1.54, 1.807) is 6.07 Å². The van der Waals surface area contributed by atoms with Crippen molar-refractivity contribution in [3.8, 4) is 28.6 Å². The lowest BCUT2D eigenvalue weighted by molar-refractivity contribution is 0.283. The Bertz CT molecular complexity index is 1160. The molecule has 3 rings (SSSR count). The zero-order valence-corrected chi connectivity index (χ0v) is 15.9. The van der Waals surface area contributed by atoms with E-state index in [1.807, 2.05) is 38.1 Å². The van der Waals surface area contributed by atoms with Gasteiger partial charge in [0.2, 0.25) is 0 Å². The number of allylic oxidation sites excluding steroid dienone is 1. The third-order valence-corrected chi connectivity index (χ3v) is 4.42. The molecule has 10 heteroatoms. The van der Waals surface area contributed by atoms with E-state index < -0.39 is 13.5 Å². The van der Waals surface area contributed by atoms with Crippen molar-refractivity contribution in [1.82, 2.24) is 14.8 Å². The first-order valence-electron chi connectivity index (χ1n) is 8.19. The number of H-pyrrole nitrogens is 1. The average Bonchev–Trinajstić information content (AvgIpc) is 2.97. The highest BCUT2D eigenvalue weighted by atomic mass is 31.2. The number of nitrogens with zero attached hydrogens (tertiary/aromatic N) is 2. The fraction of sp³-hybridized carbons (Fsp3) is 0.158. The Morgan fingerprint density at radius 1 is 1.21 bits per heavy atom. The van der Waals surface area contributed by atoms with Crippen molar-refractivity contribution in [2.45, 2.75) is 21.3 Å². The zero-order valence-electron chi connectivity index (χ0n) is 15.0. The first-order valence-corrected chi connectivity index (χ1v) is 9.72. The normalized spacial score (nSPS) is 11.4. The molecule has 4 N–H and O–H groups in total. The molecule has 0 saturated carbocycles. The first-order chi connectivity index (χ1) is 13.2. The molecule has 0 aliphatic carbocycles. The number of nitrogens with one attached hydrogen (secondary N) is 1. The number of aromatic amines is 1. The van der Waals surface area contributed by atoms with Crippen LogP contribution >= 0.6 is 7.82 Å². The Morgan fingerprint density at radius 2 is 1.93 bits per heavy atom. The number of phenols is 1. The van der Waals surface area contributed by atoms with Crippen molar-refractivity contribution < 1.29 is 24.0 Å². The number of hydrogen-bond acceptors (Lipinski definition) is 5. The van der Waals surface area contributed by atoms with Gasteiger partial charge in [0.15, 0.2) is 5.82 Å². The van der Waals surface area contributed by atoms with Crippen LogP contribution in [0.25, 0.3) is 23.2 Å². The van der Waals surface area contributed by atoms with Gasteiger partial charge in [0.25, 0.3) is 0 Å². The molecule has 0 bridgehead atoms. The molecular formula is C19H22N3O6P. The maximum atomic E-state index is 12.4. The van der Waals surface area contributed by atoms with Crippen LogP contribution in [-0.2, 0) is 4.57 Å². The summed E-state index contributed by atoms with van der Waals surface area (Å²) in [7, 11) is -4.76. The van der Waals surface area contributed by atoms with Crippen LogP contribution in [0.15, 0.2) is 47.3 Å². The number of benzene rings is 2. The highest BCUT2D eigenvalue weighted by Crippen LogP contribution is 2.40. The van der Waals surface area contributed by atoms with Crippen molar-refractivity contribution in [3.05, 3.63) is 64.1 Å². The Kier molecular flexibility index (Phi) is 6.48. The van der Waals surface area contributed by atoms with Crippen LogP contribution < -0.4 is 10.2 Å². The Morgan fingerprint density at radius 3 is 2.55 bits per heavy atom. The predicted octanol–water partition coefficient (Wildman–Crippen LogP) is 3.38. The standard InChI is InChI=1S/C18H18N3O6P.CH4/c1-3-4-12-9-13(6-5-11(12)2)21-17(19-20-18(21)23)15-8-7-14(10-16(15)22)27-28(24,25)26;/h3-10,22H,1-2H3,(H,20,23)(H2,24,25,26);1H4/b4-3-;. The summed E-state index contributed by atoms with van der Waals surface area (Å²) >= 11 is 0. The van der Waals surface area contributed by atoms with Gasteiger partial charge in [-0.15, -0.1) is 0 Å². The fourth-order valence-electron chi connectivity index (χ4n) is 2.74. The molecule has 3 aromatic rings. The van der Waals surface area contributed by atoms with Crippen molar-refractivity contribution in [2.24, 2.45) is 0 Å². The number of phenolic OH excluding ortho intramolecular Hbond substituents is 1. The van der Waals surface area contributed by atoms with Crippen LogP contribution in [0.4, 0.5) is 0 Å². The van der Waals surface area contributed by atoms with Crippen LogP contribution in [-0.4, -0.2) is 29.7 Å². The third kappa shape index (κ3) is 4.83. The SMILES string of the molecule is C.C/C=C\c1cc(-n2c(-c3ccc(OP(=O)(O)O)cc3O)n[nH]c2=O)ccc1C. The van der Waals surface area contributed by atoms with Gasteiger partial charge in [0, 0.05) is 6.07 Å². The predicted molar refractivity (Wildman–Crippen MR) is 110 cm³/mol. The summed E-state index contributed by atoms with van der Waals surface area (Å²) in [4.78, 5) is 30.1. The quantitative estimate of drug-likeness (QED) is 0.465. The van der Waals surface area contributed by atoms with E-state index in [0.717, 1.165) is 17.2 Å².